The molecule has 1 aliphatic rings. The van der Waals surface area contributed by atoms with E-state index in [0.29, 0.717) is 5.92 Å². The van der Waals surface area contributed by atoms with Crippen molar-refractivity contribution in [2.45, 2.75) is 72.7 Å². The van der Waals surface area contributed by atoms with Gasteiger partial charge in [0.05, 0.1) is 17.3 Å². The summed E-state index contributed by atoms with van der Waals surface area (Å²) >= 11 is 0. The minimum Gasteiger partial charge on any atom is -0.429 e. The van der Waals surface area contributed by atoms with E-state index in [1.165, 1.54) is 0 Å². The van der Waals surface area contributed by atoms with Crippen LogP contribution < -0.4 is 0 Å². The van der Waals surface area contributed by atoms with E-state index in [2.05, 4.69) is 27.7 Å². The Morgan fingerprint density at radius 1 is 1.26 bits per heavy atom. The molecular weight excluding hydrogens is 242 g/mol. The van der Waals surface area contributed by atoms with Crippen LogP contribution in [-0.4, -0.2) is 36.3 Å². The second-order valence-electron chi connectivity index (χ2n) is 7.16. The molecule has 1 fully saturated rings. The Morgan fingerprint density at radius 2 is 1.79 bits per heavy atom. The summed E-state index contributed by atoms with van der Waals surface area (Å²) in [6.45, 7) is 16.2. The average molecular weight is 270 g/mol. The first-order valence-corrected chi connectivity index (χ1v) is 7.16. The van der Waals surface area contributed by atoms with Gasteiger partial charge in [-0.05, 0) is 39.5 Å². The zero-order chi connectivity index (χ0) is 15.0. The summed E-state index contributed by atoms with van der Waals surface area (Å²) in [5.41, 5.74) is -0.836. The SMILES string of the molecule is CC(C)C1OB(B(O)OC(C)(C)C(C)C)OC1(C)C. The van der Waals surface area contributed by atoms with Crippen LogP contribution in [-0.2, 0) is 14.0 Å². The summed E-state index contributed by atoms with van der Waals surface area (Å²) in [7, 11) is -1.79. The van der Waals surface area contributed by atoms with E-state index in [9.17, 15) is 5.02 Å². The van der Waals surface area contributed by atoms with Crippen LogP contribution >= 0.6 is 0 Å². The molecule has 0 amide bonds. The standard InChI is InChI=1S/C13H28B2O4/c1-9(2)11-13(7,8)19-15(17-11)14(16)18-12(5,6)10(3)4/h9-11,16H,1-8H3. The molecule has 0 saturated carbocycles. The van der Waals surface area contributed by atoms with E-state index in [4.69, 9.17) is 14.0 Å². The van der Waals surface area contributed by atoms with Crippen molar-refractivity contribution >= 4 is 14.0 Å². The molecule has 1 rings (SSSR count). The molecule has 0 aliphatic carbocycles. The van der Waals surface area contributed by atoms with Crippen molar-refractivity contribution in [2.75, 3.05) is 0 Å². The minimum absolute atomic E-state index is 0.0436. The van der Waals surface area contributed by atoms with Crippen molar-refractivity contribution in [3.63, 3.8) is 0 Å². The average Bonchev–Trinajstić information content (AvgIpc) is 2.53. The van der Waals surface area contributed by atoms with E-state index in [1.807, 2.05) is 27.7 Å². The molecule has 1 aliphatic heterocycles. The molecule has 6 heteroatoms. The van der Waals surface area contributed by atoms with E-state index in [-0.39, 0.29) is 12.0 Å². The summed E-state index contributed by atoms with van der Waals surface area (Å²) in [5.74, 6) is 0.614. The van der Waals surface area contributed by atoms with Gasteiger partial charge in [0.15, 0.2) is 0 Å². The maximum Gasteiger partial charge on any atom is 0.488 e. The molecule has 0 spiro atoms. The molecule has 0 radical (unpaired) electrons. The Kier molecular flexibility index (Phi) is 5.16. The van der Waals surface area contributed by atoms with E-state index in [0.717, 1.165) is 0 Å². The lowest BCUT2D eigenvalue weighted by Gasteiger charge is -2.32. The molecule has 1 N–H and O–H groups in total. The largest absolute Gasteiger partial charge is 0.488 e. The van der Waals surface area contributed by atoms with Crippen LogP contribution in [0.1, 0.15) is 55.4 Å². The van der Waals surface area contributed by atoms with Crippen molar-refractivity contribution in [2.24, 2.45) is 11.8 Å². The molecule has 110 valence electrons. The summed E-state index contributed by atoms with van der Waals surface area (Å²) in [5, 5.41) is 10.2. The Morgan fingerprint density at radius 3 is 2.16 bits per heavy atom. The monoisotopic (exact) mass is 270 g/mol. The zero-order valence-corrected chi connectivity index (χ0v) is 13.6. The first-order chi connectivity index (χ1) is 8.47. The van der Waals surface area contributed by atoms with Gasteiger partial charge < -0.3 is 19.0 Å². The molecule has 0 aromatic heterocycles. The fourth-order valence-electron chi connectivity index (χ4n) is 2.29. The molecular formula is C13H28B2O4. The highest BCUT2D eigenvalue weighted by molar-refractivity contribution is 7.10. The predicted molar refractivity (Wildman–Crippen MR) is 78.6 cm³/mol. The van der Waals surface area contributed by atoms with Crippen LogP contribution in [0.15, 0.2) is 0 Å². The van der Waals surface area contributed by atoms with Gasteiger partial charge in [0, 0.05) is 0 Å². The Balaban J connectivity index is 2.68. The molecule has 1 atom stereocenters. The van der Waals surface area contributed by atoms with E-state index < -0.39 is 25.2 Å². The smallest absolute Gasteiger partial charge is 0.429 e. The maximum atomic E-state index is 10.2. The lowest BCUT2D eigenvalue weighted by Crippen LogP contribution is -2.48. The third kappa shape index (κ3) is 3.97. The quantitative estimate of drug-likeness (QED) is 0.779. The van der Waals surface area contributed by atoms with Crippen LogP contribution in [0.2, 0.25) is 0 Å². The third-order valence-electron chi connectivity index (χ3n) is 4.04. The summed E-state index contributed by atoms with van der Waals surface area (Å²) in [6.07, 6.45) is -0.0436. The van der Waals surface area contributed by atoms with Gasteiger partial charge in [-0.25, -0.2) is 0 Å². The molecule has 19 heavy (non-hydrogen) atoms. The van der Waals surface area contributed by atoms with Gasteiger partial charge in [-0.3, -0.25) is 0 Å². The molecule has 1 saturated heterocycles. The second kappa shape index (κ2) is 5.76. The fourth-order valence-corrected chi connectivity index (χ4v) is 2.29. The molecule has 0 aromatic rings. The topological polar surface area (TPSA) is 47.9 Å². The van der Waals surface area contributed by atoms with Gasteiger partial charge in [-0.15, -0.1) is 0 Å². The second-order valence-corrected chi connectivity index (χ2v) is 7.16. The van der Waals surface area contributed by atoms with Crippen LogP contribution in [0.5, 0.6) is 0 Å². The summed E-state index contributed by atoms with van der Waals surface area (Å²) < 4.78 is 17.4. The zero-order valence-electron chi connectivity index (χ0n) is 13.6. The highest BCUT2D eigenvalue weighted by Crippen LogP contribution is 2.33. The van der Waals surface area contributed by atoms with Gasteiger partial charge >= 0.3 is 14.0 Å². The van der Waals surface area contributed by atoms with Gasteiger partial charge in [0.2, 0.25) is 0 Å². The number of hydrogen-bond donors (Lipinski definition) is 1. The third-order valence-corrected chi connectivity index (χ3v) is 4.04. The van der Waals surface area contributed by atoms with E-state index >= 15 is 0 Å². The van der Waals surface area contributed by atoms with Gasteiger partial charge in [-0.1, -0.05) is 27.7 Å². The lowest BCUT2D eigenvalue weighted by molar-refractivity contribution is 0.0394. The predicted octanol–water partition coefficient (Wildman–Crippen LogP) is 2.33. The molecule has 0 bridgehead atoms. The maximum absolute atomic E-state index is 10.2. The van der Waals surface area contributed by atoms with Gasteiger partial charge in [-0.2, -0.15) is 0 Å². The van der Waals surface area contributed by atoms with Crippen molar-refractivity contribution in [3.8, 4) is 0 Å². The normalized spacial score (nSPS) is 23.5. The van der Waals surface area contributed by atoms with Crippen LogP contribution in [0.25, 0.3) is 0 Å². The molecule has 1 heterocycles. The summed E-state index contributed by atoms with van der Waals surface area (Å²) in [6, 6.07) is 0. The van der Waals surface area contributed by atoms with Gasteiger partial charge in [0.1, 0.15) is 0 Å². The first-order valence-electron chi connectivity index (χ1n) is 7.16. The molecule has 1 unspecified atom stereocenters. The molecule has 4 nitrogen and oxygen atoms in total. The van der Waals surface area contributed by atoms with Crippen molar-refractivity contribution in [1.82, 2.24) is 0 Å². The number of rotatable bonds is 5. The minimum atomic E-state index is -1.07. The van der Waals surface area contributed by atoms with Crippen molar-refractivity contribution < 1.29 is 19.0 Å². The van der Waals surface area contributed by atoms with Crippen LogP contribution in [0.4, 0.5) is 0 Å². The molecule has 0 aromatic carbocycles. The van der Waals surface area contributed by atoms with E-state index in [1.54, 1.807) is 0 Å². The Hall–Kier alpha value is -0.0301. The summed E-state index contributed by atoms with van der Waals surface area (Å²) in [4.78, 5) is 0. The Labute approximate surface area is 118 Å². The Bertz CT molecular complexity index is 305. The van der Waals surface area contributed by atoms with Gasteiger partial charge in [0.25, 0.3) is 0 Å². The van der Waals surface area contributed by atoms with Crippen LogP contribution in [0.3, 0.4) is 0 Å². The highest BCUT2D eigenvalue weighted by Gasteiger charge is 2.54. The van der Waals surface area contributed by atoms with Crippen LogP contribution in [0, 0.1) is 11.8 Å². The fraction of sp³-hybridized carbons (Fsp3) is 1.00. The highest BCUT2D eigenvalue weighted by atomic mass is 16.7. The number of hydrogen-bond acceptors (Lipinski definition) is 4. The van der Waals surface area contributed by atoms with Crippen molar-refractivity contribution in [1.29, 1.82) is 0 Å². The lowest BCUT2D eigenvalue weighted by atomic mass is 9.49. The first kappa shape index (κ1) is 17.0. The van der Waals surface area contributed by atoms with Crippen molar-refractivity contribution in [3.05, 3.63) is 0 Å².